The zero-order valence-electron chi connectivity index (χ0n) is 15.7. The number of methoxy groups -OCH3 is 1. The van der Waals surface area contributed by atoms with E-state index in [1.165, 1.54) is 23.5 Å². The highest BCUT2D eigenvalue weighted by molar-refractivity contribution is 8.24. The lowest BCUT2D eigenvalue weighted by molar-refractivity contribution is -0.139. The van der Waals surface area contributed by atoms with Crippen LogP contribution in [0.25, 0.3) is 0 Å². The second-order valence-electron chi connectivity index (χ2n) is 5.82. The van der Waals surface area contributed by atoms with Crippen LogP contribution >= 0.6 is 23.5 Å². The van der Waals surface area contributed by atoms with Gasteiger partial charge in [0, 0.05) is 24.8 Å². The molecule has 0 N–H and O–H groups in total. The molecule has 0 radical (unpaired) electrons. The topological polar surface area (TPSA) is 85.6 Å². The third-order valence-electron chi connectivity index (χ3n) is 3.85. The highest BCUT2D eigenvalue weighted by Crippen LogP contribution is 2.56. The van der Waals surface area contributed by atoms with Gasteiger partial charge in [-0.3, -0.25) is 4.79 Å². The van der Waals surface area contributed by atoms with Crippen molar-refractivity contribution in [2.45, 2.75) is 49.5 Å². The van der Waals surface area contributed by atoms with Crippen molar-refractivity contribution in [3.8, 4) is 11.8 Å². The van der Waals surface area contributed by atoms with E-state index in [1.54, 1.807) is 20.1 Å². The van der Waals surface area contributed by atoms with E-state index in [0.717, 1.165) is 15.4 Å². The number of carbonyl (C=O) groups excluding carboxylic acids is 2. The molecule has 0 amide bonds. The van der Waals surface area contributed by atoms with Gasteiger partial charge in [0.15, 0.2) is 5.57 Å². The molecule has 1 aromatic carbocycles. The first-order chi connectivity index (χ1) is 12.9. The first kappa shape index (κ1) is 21.4. The predicted molar refractivity (Wildman–Crippen MR) is 104 cm³/mol. The van der Waals surface area contributed by atoms with E-state index in [9.17, 15) is 14.9 Å². The minimum atomic E-state index is -0.659. The van der Waals surface area contributed by atoms with E-state index in [2.05, 4.69) is 0 Å². The highest BCUT2D eigenvalue weighted by Gasteiger charge is 2.30. The summed E-state index contributed by atoms with van der Waals surface area (Å²) in [6.45, 7) is 5.70. The average molecular weight is 408 g/mol. The summed E-state index contributed by atoms with van der Waals surface area (Å²) >= 11 is 2.57. The van der Waals surface area contributed by atoms with Gasteiger partial charge in [-0.1, -0.05) is 36.5 Å². The molecule has 1 aliphatic rings. The quantitative estimate of drug-likeness (QED) is 0.288. The molecular formula is C19H21NO5S2. The molecule has 0 spiro atoms. The molecule has 1 unspecified atom stereocenters. The number of rotatable bonds is 7. The summed E-state index contributed by atoms with van der Waals surface area (Å²) in [5.41, 5.74) is 0.937. The van der Waals surface area contributed by atoms with Gasteiger partial charge in [0.25, 0.3) is 0 Å². The molecule has 0 saturated heterocycles. The molecular weight excluding hydrogens is 386 g/mol. The molecule has 1 heterocycles. The number of benzene rings is 1. The van der Waals surface area contributed by atoms with Crippen LogP contribution in [0.5, 0.6) is 5.75 Å². The van der Waals surface area contributed by atoms with Gasteiger partial charge < -0.3 is 14.2 Å². The minimum Gasteiger partial charge on any atom is -0.461 e. The van der Waals surface area contributed by atoms with Crippen LogP contribution in [0.2, 0.25) is 0 Å². The monoisotopic (exact) mass is 407 g/mol. The zero-order chi connectivity index (χ0) is 20.0. The third kappa shape index (κ3) is 5.28. The molecule has 27 heavy (non-hydrogen) atoms. The first-order valence-corrected chi connectivity index (χ1v) is 10.1. The lowest BCUT2D eigenvalue weighted by Crippen LogP contribution is -2.14. The van der Waals surface area contributed by atoms with Crippen molar-refractivity contribution in [2.75, 3.05) is 13.7 Å². The Morgan fingerprint density at radius 3 is 2.59 bits per heavy atom. The number of carbonyl (C=O) groups is 2. The summed E-state index contributed by atoms with van der Waals surface area (Å²) in [7, 11) is 1.59. The molecule has 0 aliphatic carbocycles. The fourth-order valence-electron chi connectivity index (χ4n) is 2.13. The van der Waals surface area contributed by atoms with Crippen molar-refractivity contribution >= 4 is 35.5 Å². The van der Waals surface area contributed by atoms with Crippen LogP contribution in [0.3, 0.4) is 0 Å². The first-order valence-electron chi connectivity index (χ1n) is 8.45. The molecule has 0 aromatic heterocycles. The van der Waals surface area contributed by atoms with E-state index in [4.69, 9.17) is 14.2 Å². The number of fused-ring (bicyclic) bond motifs is 1. The van der Waals surface area contributed by atoms with Crippen molar-refractivity contribution in [3.05, 3.63) is 27.5 Å². The van der Waals surface area contributed by atoms with Crippen LogP contribution in [0.15, 0.2) is 31.7 Å². The Hall–Kier alpha value is -1.95. The smallest absolute Gasteiger partial charge is 0.350 e. The summed E-state index contributed by atoms with van der Waals surface area (Å²) in [5.74, 6) is -0.556. The fraction of sp³-hybridized carbons (Fsp3) is 0.421. The number of esters is 2. The van der Waals surface area contributed by atoms with Crippen molar-refractivity contribution < 1.29 is 23.8 Å². The Balaban J connectivity index is 2.22. The van der Waals surface area contributed by atoms with Crippen molar-refractivity contribution in [3.63, 3.8) is 0 Å². The van der Waals surface area contributed by atoms with Crippen LogP contribution in [0.1, 0.15) is 32.3 Å². The Morgan fingerprint density at radius 2 is 1.96 bits per heavy atom. The third-order valence-corrected chi connectivity index (χ3v) is 6.60. The van der Waals surface area contributed by atoms with Gasteiger partial charge in [0.2, 0.25) is 0 Å². The highest BCUT2D eigenvalue weighted by atomic mass is 32.2. The van der Waals surface area contributed by atoms with E-state index in [-0.39, 0.29) is 30.7 Å². The molecule has 1 aromatic rings. The Labute approximate surface area is 167 Å². The summed E-state index contributed by atoms with van der Waals surface area (Å²) in [6, 6.07) is 5.53. The second kappa shape index (κ2) is 9.83. The SMILES string of the molecule is CCC(=O)Oc1ccc(C)c2c1S/C(=C(/C#N)C(=O)OCCC(C)OC)S2. The van der Waals surface area contributed by atoms with Gasteiger partial charge in [0.1, 0.15) is 11.8 Å². The van der Waals surface area contributed by atoms with Crippen LogP contribution < -0.4 is 4.74 Å². The lowest BCUT2D eigenvalue weighted by atomic mass is 10.2. The number of ether oxygens (including phenoxy) is 3. The molecule has 8 heteroatoms. The maximum Gasteiger partial charge on any atom is 0.350 e. The molecule has 2 rings (SSSR count). The van der Waals surface area contributed by atoms with Gasteiger partial charge in [-0.2, -0.15) is 5.26 Å². The molecule has 0 fully saturated rings. The molecule has 0 bridgehead atoms. The molecule has 6 nitrogen and oxygen atoms in total. The maximum absolute atomic E-state index is 12.3. The summed E-state index contributed by atoms with van der Waals surface area (Å²) in [4.78, 5) is 25.6. The second-order valence-corrected chi connectivity index (χ2v) is 8.12. The summed E-state index contributed by atoms with van der Waals surface area (Å²) < 4.78 is 16.2. The molecule has 1 atom stereocenters. The Bertz CT molecular complexity index is 813. The van der Waals surface area contributed by atoms with Crippen molar-refractivity contribution in [1.82, 2.24) is 0 Å². The van der Waals surface area contributed by atoms with Crippen LogP contribution in [-0.2, 0) is 19.1 Å². The van der Waals surface area contributed by atoms with E-state index >= 15 is 0 Å². The fourth-order valence-corrected chi connectivity index (χ4v) is 4.77. The van der Waals surface area contributed by atoms with Gasteiger partial charge in [0.05, 0.1) is 21.8 Å². The van der Waals surface area contributed by atoms with Gasteiger partial charge in [-0.25, -0.2) is 4.79 Å². The maximum atomic E-state index is 12.3. The Kier molecular flexibility index (Phi) is 7.78. The number of hydrogen-bond donors (Lipinski definition) is 0. The van der Waals surface area contributed by atoms with Crippen molar-refractivity contribution in [2.24, 2.45) is 0 Å². The van der Waals surface area contributed by atoms with E-state index < -0.39 is 5.97 Å². The molecule has 144 valence electrons. The summed E-state index contributed by atoms with van der Waals surface area (Å²) in [6.07, 6.45) is 0.778. The average Bonchev–Trinajstić information content (AvgIpc) is 3.10. The lowest BCUT2D eigenvalue weighted by Gasteiger charge is -2.09. The predicted octanol–water partition coefficient (Wildman–Crippen LogP) is 4.21. The molecule has 1 aliphatic heterocycles. The normalized spacial score (nSPS) is 15.5. The van der Waals surface area contributed by atoms with Crippen molar-refractivity contribution in [1.29, 1.82) is 5.26 Å². The zero-order valence-corrected chi connectivity index (χ0v) is 17.3. The Morgan fingerprint density at radius 1 is 1.26 bits per heavy atom. The standard InChI is InChI=1S/C19H21NO5S2/c1-5-15(21)25-14-7-6-11(2)16-17(14)27-19(26-16)13(10-20)18(22)24-9-8-12(3)23-4/h6-7,12H,5,8-9H2,1-4H3/b19-13-. The van der Waals surface area contributed by atoms with Crippen LogP contribution in [-0.4, -0.2) is 31.8 Å². The van der Waals surface area contributed by atoms with Gasteiger partial charge >= 0.3 is 11.9 Å². The van der Waals surface area contributed by atoms with Crippen LogP contribution in [0.4, 0.5) is 0 Å². The van der Waals surface area contributed by atoms with E-state index in [0.29, 0.717) is 16.4 Å². The number of nitriles is 1. The largest absolute Gasteiger partial charge is 0.461 e. The number of nitrogens with zero attached hydrogens (tertiary/aromatic N) is 1. The van der Waals surface area contributed by atoms with E-state index in [1.807, 2.05) is 26.0 Å². The van der Waals surface area contributed by atoms with Gasteiger partial charge in [-0.15, -0.1) is 0 Å². The van der Waals surface area contributed by atoms with Gasteiger partial charge in [-0.05, 0) is 25.5 Å². The minimum absolute atomic E-state index is 0.0334. The van der Waals surface area contributed by atoms with Crippen LogP contribution in [0, 0.1) is 18.3 Å². The number of thioether (sulfide) groups is 2. The number of hydrogen-bond acceptors (Lipinski definition) is 8. The number of aryl methyl sites for hydroxylation is 1. The summed E-state index contributed by atoms with van der Waals surface area (Å²) in [5, 5.41) is 9.47. The molecule has 0 saturated carbocycles.